The molecule has 0 unspecified atom stereocenters. The van der Waals surface area contributed by atoms with Crippen molar-refractivity contribution in [3.05, 3.63) is 21.8 Å². The molecule has 0 bridgehead atoms. The molecule has 0 saturated heterocycles. The highest BCUT2D eigenvalue weighted by Crippen LogP contribution is 2.25. The van der Waals surface area contributed by atoms with E-state index in [1.807, 2.05) is 11.0 Å². The Labute approximate surface area is 103 Å². The van der Waals surface area contributed by atoms with E-state index in [2.05, 4.69) is 20.9 Å². The number of pyridine rings is 1. The third-order valence-corrected chi connectivity index (χ3v) is 2.60. The van der Waals surface area contributed by atoms with Gasteiger partial charge in [0.1, 0.15) is 5.82 Å². The van der Waals surface area contributed by atoms with Crippen molar-refractivity contribution in [3.63, 3.8) is 0 Å². The van der Waals surface area contributed by atoms with Crippen LogP contribution in [0.4, 0.5) is 5.82 Å². The van der Waals surface area contributed by atoms with Crippen LogP contribution >= 0.6 is 27.5 Å². The molecule has 0 atom stereocenters. The fraction of sp³-hybridized carbons (Fsp3) is 0.444. The van der Waals surface area contributed by atoms with E-state index in [0.717, 1.165) is 10.3 Å². The van der Waals surface area contributed by atoms with E-state index >= 15 is 0 Å². The maximum Gasteiger partial charge on any atom is 0.147 e. The van der Waals surface area contributed by atoms with Gasteiger partial charge in [-0.25, -0.2) is 4.98 Å². The van der Waals surface area contributed by atoms with Crippen molar-refractivity contribution in [2.24, 2.45) is 11.5 Å². The molecule has 0 aliphatic carbocycles. The van der Waals surface area contributed by atoms with E-state index in [0.29, 0.717) is 31.2 Å². The van der Waals surface area contributed by atoms with Crippen LogP contribution in [0.5, 0.6) is 0 Å². The Bertz CT molecular complexity index is 315. The fourth-order valence-electron chi connectivity index (χ4n) is 1.28. The van der Waals surface area contributed by atoms with Crippen molar-refractivity contribution in [3.8, 4) is 0 Å². The Morgan fingerprint density at radius 3 is 2.40 bits per heavy atom. The molecule has 0 amide bonds. The second-order valence-corrected chi connectivity index (χ2v) is 4.35. The third-order valence-electron chi connectivity index (χ3n) is 1.89. The van der Waals surface area contributed by atoms with Crippen molar-refractivity contribution < 1.29 is 0 Å². The zero-order valence-corrected chi connectivity index (χ0v) is 10.6. The summed E-state index contributed by atoms with van der Waals surface area (Å²) in [4.78, 5) is 6.23. The minimum absolute atomic E-state index is 0.550. The number of halogens is 2. The fourth-order valence-corrected chi connectivity index (χ4v) is 2.02. The Kier molecular flexibility index (Phi) is 5.31. The average molecular weight is 294 g/mol. The van der Waals surface area contributed by atoms with Gasteiger partial charge in [-0.3, -0.25) is 0 Å². The first-order chi connectivity index (χ1) is 7.19. The van der Waals surface area contributed by atoms with E-state index in [1.165, 1.54) is 0 Å². The normalized spacial score (nSPS) is 10.4. The SMILES string of the molecule is NCCN(CCN)c1ncc(Br)cc1Cl. The van der Waals surface area contributed by atoms with Crippen molar-refractivity contribution >= 4 is 33.3 Å². The molecule has 0 radical (unpaired) electrons. The number of nitrogens with two attached hydrogens (primary N) is 2. The predicted octanol–water partition coefficient (Wildman–Crippen LogP) is 1.22. The Hall–Kier alpha value is -0.360. The highest BCUT2D eigenvalue weighted by molar-refractivity contribution is 9.10. The molecule has 1 aromatic rings. The van der Waals surface area contributed by atoms with Gasteiger partial charge in [0.25, 0.3) is 0 Å². The van der Waals surface area contributed by atoms with Crippen LogP contribution in [0.15, 0.2) is 16.7 Å². The second kappa shape index (κ2) is 6.27. The maximum absolute atomic E-state index is 6.08. The van der Waals surface area contributed by atoms with Crippen LogP contribution in [0.1, 0.15) is 0 Å². The number of aromatic nitrogens is 1. The Balaban J connectivity index is 2.89. The molecule has 0 aromatic carbocycles. The lowest BCUT2D eigenvalue weighted by molar-refractivity contribution is 0.770. The molecule has 4 nitrogen and oxygen atoms in total. The summed E-state index contributed by atoms with van der Waals surface area (Å²) in [6.07, 6.45) is 1.71. The van der Waals surface area contributed by atoms with Crippen molar-refractivity contribution in [2.75, 3.05) is 31.1 Å². The minimum Gasteiger partial charge on any atom is -0.353 e. The van der Waals surface area contributed by atoms with Crippen molar-refractivity contribution in [1.29, 1.82) is 0 Å². The molecule has 0 aliphatic heterocycles. The quantitative estimate of drug-likeness (QED) is 0.856. The molecule has 0 aliphatic rings. The summed E-state index contributed by atoms with van der Waals surface area (Å²) in [6, 6.07) is 1.81. The molecule has 84 valence electrons. The van der Waals surface area contributed by atoms with E-state index in [4.69, 9.17) is 23.1 Å². The highest BCUT2D eigenvalue weighted by atomic mass is 79.9. The average Bonchev–Trinajstić information content (AvgIpc) is 2.17. The molecule has 0 saturated carbocycles. The molecule has 15 heavy (non-hydrogen) atoms. The predicted molar refractivity (Wildman–Crippen MR) is 67.3 cm³/mol. The number of hydrogen-bond donors (Lipinski definition) is 2. The van der Waals surface area contributed by atoms with E-state index in [1.54, 1.807) is 6.20 Å². The summed E-state index contributed by atoms with van der Waals surface area (Å²) in [6.45, 7) is 2.50. The molecule has 1 aromatic heterocycles. The summed E-state index contributed by atoms with van der Waals surface area (Å²) in [5.74, 6) is 0.732. The summed E-state index contributed by atoms with van der Waals surface area (Å²) >= 11 is 9.39. The smallest absolute Gasteiger partial charge is 0.147 e. The first-order valence-corrected chi connectivity index (χ1v) is 5.82. The van der Waals surface area contributed by atoms with Crippen LogP contribution < -0.4 is 16.4 Å². The monoisotopic (exact) mass is 292 g/mol. The Morgan fingerprint density at radius 2 is 1.93 bits per heavy atom. The van der Waals surface area contributed by atoms with Crippen molar-refractivity contribution in [1.82, 2.24) is 4.98 Å². The lowest BCUT2D eigenvalue weighted by atomic mass is 10.4. The largest absolute Gasteiger partial charge is 0.353 e. The zero-order chi connectivity index (χ0) is 11.3. The zero-order valence-electron chi connectivity index (χ0n) is 8.29. The molecule has 0 fully saturated rings. The van der Waals surface area contributed by atoms with Gasteiger partial charge in [-0.15, -0.1) is 0 Å². The number of rotatable bonds is 5. The molecule has 0 spiro atoms. The van der Waals surface area contributed by atoms with Gasteiger partial charge in [-0.2, -0.15) is 0 Å². The van der Waals surface area contributed by atoms with Gasteiger partial charge < -0.3 is 16.4 Å². The van der Waals surface area contributed by atoms with E-state index in [-0.39, 0.29) is 0 Å². The van der Waals surface area contributed by atoms with Crippen LogP contribution in [0.3, 0.4) is 0 Å². The van der Waals surface area contributed by atoms with Crippen LogP contribution in [0.2, 0.25) is 5.02 Å². The molecule has 6 heteroatoms. The molecule has 1 heterocycles. The number of nitrogens with zero attached hydrogens (tertiary/aromatic N) is 2. The van der Waals surface area contributed by atoms with E-state index < -0.39 is 0 Å². The topological polar surface area (TPSA) is 68.2 Å². The summed E-state index contributed by atoms with van der Waals surface area (Å²) in [5, 5.41) is 0.603. The van der Waals surface area contributed by atoms with Gasteiger partial charge in [0.05, 0.1) is 5.02 Å². The third kappa shape index (κ3) is 3.61. The first-order valence-electron chi connectivity index (χ1n) is 4.65. The van der Waals surface area contributed by atoms with Crippen LogP contribution in [0.25, 0.3) is 0 Å². The lowest BCUT2D eigenvalue weighted by Crippen LogP contribution is -2.34. The van der Waals surface area contributed by atoms with Gasteiger partial charge in [0.15, 0.2) is 0 Å². The van der Waals surface area contributed by atoms with Crippen LogP contribution in [-0.4, -0.2) is 31.2 Å². The maximum atomic E-state index is 6.08. The van der Waals surface area contributed by atoms with Crippen LogP contribution in [-0.2, 0) is 0 Å². The van der Waals surface area contributed by atoms with E-state index in [9.17, 15) is 0 Å². The van der Waals surface area contributed by atoms with Gasteiger partial charge >= 0.3 is 0 Å². The second-order valence-electron chi connectivity index (χ2n) is 3.02. The van der Waals surface area contributed by atoms with Gasteiger partial charge in [-0.05, 0) is 22.0 Å². The van der Waals surface area contributed by atoms with Crippen molar-refractivity contribution in [2.45, 2.75) is 0 Å². The standard InChI is InChI=1S/C9H14BrClN4/c10-7-5-8(11)9(14-6-7)15(3-1-12)4-2-13/h5-6H,1-4,12-13H2. The number of anilines is 1. The van der Waals surface area contributed by atoms with Gasteiger partial charge in [0, 0.05) is 36.8 Å². The molecule has 1 rings (SSSR count). The minimum atomic E-state index is 0.550. The summed E-state index contributed by atoms with van der Waals surface area (Å²) in [5.41, 5.74) is 11.0. The molecule has 4 N–H and O–H groups in total. The van der Waals surface area contributed by atoms with Gasteiger partial charge in [-0.1, -0.05) is 11.6 Å². The Morgan fingerprint density at radius 1 is 1.33 bits per heavy atom. The highest BCUT2D eigenvalue weighted by Gasteiger charge is 2.10. The summed E-state index contributed by atoms with van der Waals surface area (Å²) < 4.78 is 0.858. The summed E-state index contributed by atoms with van der Waals surface area (Å²) in [7, 11) is 0. The van der Waals surface area contributed by atoms with Crippen LogP contribution in [0, 0.1) is 0 Å². The molecular weight excluding hydrogens is 279 g/mol. The first kappa shape index (κ1) is 12.7. The molecular formula is C9H14BrClN4. The van der Waals surface area contributed by atoms with Gasteiger partial charge in [0.2, 0.25) is 0 Å². The number of hydrogen-bond acceptors (Lipinski definition) is 4. The lowest BCUT2D eigenvalue weighted by Gasteiger charge is -2.23.